The van der Waals surface area contributed by atoms with E-state index < -0.39 is 10.0 Å². The Labute approximate surface area is 119 Å². The normalized spacial score (nSPS) is 14.1. The van der Waals surface area contributed by atoms with Crippen LogP contribution in [-0.2, 0) is 16.4 Å². The van der Waals surface area contributed by atoms with Crippen LogP contribution in [0.15, 0.2) is 60.0 Å². The summed E-state index contributed by atoms with van der Waals surface area (Å²) in [5.74, 6) is 0. The lowest BCUT2D eigenvalue weighted by molar-refractivity contribution is 0.592. The zero-order chi connectivity index (χ0) is 14.2. The van der Waals surface area contributed by atoms with Gasteiger partial charge in [-0.1, -0.05) is 43.0 Å². The van der Waals surface area contributed by atoms with E-state index in [4.69, 9.17) is 0 Å². The summed E-state index contributed by atoms with van der Waals surface area (Å²) in [5, 5.41) is 0. The molecule has 20 heavy (non-hydrogen) atoms. The lowest BCUT2D eigenvalue weighted by Crippen LogP contribution is -2.29. The van der Waals surface area contributed by atoms with E-state index in [1.54, 1.807) is 30.3 Å². The molecule has 4 heteroatoms. The van der Waals surface area contributed by atoms with Crippen LogP contribution >= 0.6 is 0 Å². The second kappa shape index (κ2) is 4.80. The van der Waals surface area contributed by atoms with Gasteiger partial charge in [-0.15, -0.1) is 0 Å². The van der Waals surface area contributed by atoms with Crippen LogP contribution in [0, 0.1) is 0 Å². The monoisotopic (exact) mass is 285 g/mol. The largest absolute Gasteiger partial charge is 0.266 e. The van der Waals surface area contributed by atoms with E-state index >= 15 is 0 Å². The molecule has 3 nitrogen and oxygen atoms in total. The SMILES string of the molecule is C=Cc1ccc(S(=O)(=O)N2CCc3ccccc32)cc1. The van der Waals surface area contributed by atoms with Crippen molar-refractivity contribution in [2.75, 3.05) is 10.8 Å². The van der Waals surface area contributed by atoms with Gasteiger partial charge in [0.1, 0.15) is 0 Å². The van der Waals surface area contributed by atoms with Crippen molar-refractivity contribution in [3.05, 3.63) is 66.2 Å². The van der Waals surface area contributed by atoms with Crippen molar-refractivity contribution < 1.29 is 8.42 Å². The predicted octanol–water partition coefficient (Wildman–Crippen LogP) is 3.08. The van der Waals surface area contributed by atoms with Crippen LogP contribution in [0.5, 0.6) is 0 Å². The lowest BCUT2D eigenvalue weighted by Gasteiger charge is -2.19. The molecule has 0 saturated carbocycles. The first kappa shape index (κ1) is 12.9. The molecule has 1 aliphatic heterocycles. The van der Waals surface area contributed by atoms with Crippen LogP contribution in [0.25, 0.3) is 6.08 Å². The Morgan fingerprint density at radius 3 is 2.45 bits per heavy atom. The van der Waals surface area contributed by atoms with Gasteiger partial charge in [0.15, 0.2) is 0 Å². The summed E-state index contributed by atoms with van der Waals surface area (Å²) in [7, 11) is -3.48. The second-order valence-corrected chi connectivity index (χ2v) is 6.59. The molecule has 0 radical (unpaired) electrons. The van der Waals surface area contributed by atoms with Gasteiger partial charge in [-0.3, -0.25) is 4.31 Å². The maximum atomic E-state index is 12.7. The average Bonchev–Trinajstić information content (AvgIpc) is 2.92. The Morgan fingerprint density at radius 1 is 1.05 bits per heavy atom. The summed E-state index contributed by atoms with van der Waals surface area (Å²) < 4.78 is 26.9. The molecule has 0 aliphatic carbocycles. The molecular weight excluding hydrogens is 270 g/mol. The fraction of sp³-hybridized carbons (Fsp3) is 0.125. The van der Waals surface area contributed by atoms with Crippen LogP contribution in [0.2, 0.25) is 0 Å². The van der Waals surface area contributed by atoms with Gasteiger partial charge in [-0.2, -0.15) is 0 Å². The topological polar surface area (TPSA) is 37.4 Å². The van der Waals surface area contributed by atoms with Gasteiger partial charge in [-0.25, -0.2) is 8.42 Å². The molecule has 102 valence electrons. The Hall–Kier alpha value is -2.07. The number of para-hydroxylation sites is 1. The molecule has 0 spiro atoms. The molecule has 1 heterocycles. The van der Waals surface area contributed by atoms with E-state index in [-0.39, 0.29) is 0 Å². The smallest absolute Gasteiger partial charge is 0.264 e. The van der Waals surface area contributed by atoms with Gasteiger partial charge < -0.3 is 0 Å². The second-order valence-electron chi connectivity index (χ2n) is 4.73. The molecule has 0 bridgehead atoms. The van der Waals surface area contributed by atoms with Crippen LogP contribution in [0.4, 0.5) is 5.69 Å². The van der Waals surface area contributed by atoms with Crippen LogP contribution in [0.1, 0.15) is 11.1 Å². The summed E-state index contributed by atoms with van der Waals surface area (Å²) in [6.07, 6.45) is 2.46. The van der Waals surface area contributed by atoms with Crippen molar-refractivity contribution in [2.24, 2.45) is 0 Å². The molecule has 2 aromatic carbocycles. The van der Waals surface area contributed by atoms with E-state index in [0.29, 0.717) is 11.4 Å². The summed E-state index contributed by atoms with van der Waals surface area (Å²) >= 11 is 0. The summed E-state index contributed by atoms with van der Waals surface area (Å²) in [4.78, 5) is 0.319. The minimum Gasteiger partial charge on any atom is -0.266 e. The van der Waals surface area contributed by atoms with Gasteiger partial charge >= 0.3 is 0 Å². The van der Waals surface area contributed by atoms with E-state index in [9.17, 15) is 8.42 Å². The molecule has 2 aromatic rings. The minimum atomic E-state index is -3.48. The highest BCUT2D eigenvalue weighted by atomic mass is 32.2. The van der Waals surface area contributed by atoms with Gasteiger partial charge in [0.25, 0.3) is 10.0 Å². The fourth-order valence-electron chi connectivity index (χ4n) is 2.46. The molecule has 3 rings (SSSR count). The quantitative estimate of drug-likeness (QED) is 0.869. The molecule has 0 aromatic heterocycles. The number of hydrogen-bond donors (Lipinski definition) is 0. The van der Waals surface area contributed by atoms with Crippen molar-refractivity contribution in [1.82, 2.24) is 0 Å². The number of anilines is 1. The van der Waals surface area contributed by atoms with Gasteiger partial charge in [0.2, 0.25) is 0 Å². The van der Waals surface area contributed by atoms with E-state index in [2.05, 4.69) is 6.58 Å². The Kier molecular flexibility index (Phi) is 3.10. The summed E-state index contributed by atoms with van der Waals surface area (Å²) in [6, 6.07) is 14.4. The summed E-state index contributed by atoms with van der Waals surface area (Å²) in [6.45, 7) is 4.17. The van der Waals surface area contributed by atoms with Crippen molar-refractivity contribution in [3.8, 4) is 0 Å². The highest BCUT2D eigenvalue weighted by molar-refractivity contribution is 7.92. The number of nitrogens with zero attached hydrogens (tertiary/aromatic N) is 1. The van der Waals surface area contributed by atoms with Gasteiger partial charge in [0.05, 0.1) is 10.6 Å². The number of sulfonamides is 1. The van der Waals surface area contributed by atoms with E-state index in [0.717, 1.165) is 23.2 Å². The number of hydrogen-bond acceptors (Lipinski definition) is 2. The van der Waals surface area contributed by atoms with Gasteiger partial charge in [0, 0.05) is 6.54 Å². The van der Waals surface area contributed by atoms with Crippen molar-refractivity contribution >= 4 is 21.8 Å². The number of benzene rings is 2. The molecule has 0 unspecified atom stereocenters. The number of fused-ring (bicyclic) bond motifs is 1. The van der Waals surface area contributed by atoms with Crippen LogP contribution in [0.3, 0.4) is 0 Å². The molecule has 1 aliphatic rings. The van der Waals surface area contributed by atoms with Crippen molar-refractivity contribution in [1.29, 1.82) is 0 Å². The first-order valence-electron chi connectivity index (χ1n) is 6.46. The molecule has 0 N–H and O–H groups in total. The summed E-state index contributed by atoms with van der Waals surface area (Å²) in [5.41, 5.74) is 2.78. The predicted molar refractivity (Wildman–Crippen MR) is 81.2 cm³/mol. The van der Waals surface area contributed by atoms with Gasteiger partial charge in [-0.05, 0) is 35.7 Å². The van der Waals surface area contributed by atoms with Crippen molar-refractivity contribution in [2.45, 2.75) is 11.3 Å². The minimum absolute atomic E-state index is 0.319. The highest BCUT2D eigenvalue weighted by Gasteiger charge is 2.30. The lowest BCUT2D eigenvalue weighted by atomic mass is 10.2. The zero-order valence-corrected chi connectivity index (χ0v) is 11.8. The van der Waals surface area contributed by atoms with Crippen LogP contribution < -0.4 is 4.31 Å². The fourth-order valence-corrected chi connectivity index (χ4v) is 3.96. The molecule has 0 fully saturated rings. The molecule has 0 amide bonds. The maximum absolute atomic E-state index is 12.7. The molecule has 0 saturated heterocycles. The highest BCUT2D eigenvalue weighted by Crippen LogP contribution is 2.32. The standard InChI is InChI=1S/C16H15NO2S/c1-2-13-7-9-15(10-8-13)20(18,19)17-12-11-14-5-3-4-6-16(14)17/h2-10H,1,11-12H2. The third-order valence-corrected chi connectivity index (χ3v) is 5.38. The third-order valence-electron chi connectivity index (χ3n) is 3.55. The first-order valence-corrected chi connectivity index (χ1v) is 7.90. The molecule has 0 atom stereocenters. The Bertz CT molecular complexity index is 748. The maximum Gasteiger partial charge on any atom is 0.264 e. The average molecular weight is 285 g/mol. The van der Waals surface area contributed by atoms with E-state index in [1.807, 2.05) is 24.3 Å². The first-order chi connectivity index (χ1) is 9.63. The Morgan fingerprint density at radius 2 is 1.75 bits per heavy atom. The third kappa shape index (κ3) is 2.02. The van der Waals surface area contributed by atoms with Crippen molar-refractivity contribution in [3.63, 3.8) is 0 Å². The number of rotatable bonds is 3. The van der Waals surface area contributed by atoms with E-state index in [1.165, 1.54) is 4.31 Å². The zero-order valence-electron chi connectivity index (χ0n) is 11.0. The van der Waals surface area contributed by atoms with Crippen LogP contribution in [-0.4, -0.2) is 15.0 Å². The molecular formula is C16H15NO2S. The Balaban J connectivity index is 2.02.